The molecular formula is C11H10BF3N3O2-. The summed E-state index contributed by atoms with van der Waals surface area (Å²) in [7, 11) is 0. The maximum atomic E-state index is 12.3. The highest BCUT2D eigenvalue weighted by molar-refractivity contribution is 6.72. The Morgan fingerprint density at radius 1 is 1.25 bits per heavy atom. The zero-order valence-electron chi connectivity index (χ0n) is 10.2. The molecule has 0 spiro atoms. The Bertz CT molecular complexity index is 586. The number of aromatic nitrogens is 3. The third-order valence-electron chi connectivity index (χ3n) is 2.43. The lowest BCUT2D eigenvalue weighted by molar-refractivity contribution is -0.145. The topological polar surface area (TPSA) is 57.0 Å². The predicted octanol–water partition coefficient (Wildman–Crippen LogP) is 1.08. The summed E-state index contributed by atoms with van der Waals surface area (Å²) in [6.45, 7) is -5.56. The molecule has 9 heteroatoms. The van der Waals surface area contributed by atoms with Gasteiger partial charge in [0.1, 0.15) is 13.2 Å². The van der Waals surface area contributed by atoms with E-state index >= 15 is 0 Å². The third kappa shape index (κ3) is 3.84. The predicted molar refractivity (Wildman–Crippen MR) is 65.0 cm³/mol. The molecule has 0 saturated carbocycles. The Kier molecular flexibility index (Phi) is 4.06. The minimum absolute atomic E-state index is 0.0600. The van der Waals surface area contributed by atoms with Crippen LogP contribution in [0.1, 0.15) is 5.56 Å². The van der Waals surface area contributed by atoms with E-state index in [9.17, 15) is 17.7 Å². The van der Waals surface area contributed by atoms with E-state index in [1.165, 1.54) is 0 Å². The van der Waals surface area contributed by atoms with Crippen molar-refractivity contribution in [1.82, 2.24) is 15.0 Å². The number of halogens is 3. The Labute approximate surface area is 112 Å². The molecule has 2 aromatic rings. The van der Waals surface area contributed by atoms with Crippen molar-refractivity contribution >= 4 is 18.5 Å². The Morgan fingerprint density at radius 3 is 2.55 bits per heavy atom. The average Bonchev–Trinajstić information content (AvgIpc) is 2.86. The Morgan fingerprint density at radius 2 is 1.95 bits per heavy atom. The van der Waals surface area contributed by atoms with Crippen molar-refractivity contribution < 1.29 is 22.5 Å². The Balaban J connectivity index is 1.87. The summed E-state index contributed by atoms with van der Waals surface area (Å²) in [5.74, 6) is -0.681. The molecule has 0 fully saturated rings. The molecule has 0 amide bonds. The van der Waals surface area contributed by atoms with Gasteiger partial charge in [0.2, 0.25) is 0 Å². The van der Waals surface area contributed by atoms with Gasteiger partial charge in [0.15, 0.2) is 0 Å². The SMILES string of the molecule is O=C(Cn1cc([B-](F)(F)F)nn1)OCc1ccccc1. The molecule has 2 rings (SSSR count). The number of carbonyl (C=O) groups excluding carboxylic acids is 1. The van der Waals surface area contributed by atoms with Gasteiger partial charge in [-0.1, -0.05) is 35.5 Å². The molecule has 1 heterocycles. The standard InChI is InChI=1S/C11H10BF3N3O2/c13-12(14,15)10-6-18(17-16-10)7-11(19)20-8-9-4-2-1-3-5-9/h1-6H,7-8H2/q-1. The average molecular weight is 284 g/mol. The maximum absolute atomic E-state index is 12.3. The smallest absolute Gasteiger partial charge is 0.459 e. The van der Waals surface area contributed by atoms with Crippen molar-refractivity contribution in [3.63, 3.8) is 0 Å². The fourth-order valence-electron chi connectivity index (χ4n) is 1.46. The number of carbonyl (C=O) groups is 1. The van der Waals surface area contributed by atoms with Crippen LogP contribution in [0.5, 0.6) is 0 Å². The van der Waals surface area contributed by atoms with Crippen molar-refractivity contribution in [3.05, 3.63) is 42.1 Å². The molecule has 0 radical (unpaired) electrons. The van der Waals surface area contributed by atoms with Gasteiger partial charge in [-0.3, -0.25) is 4.79 Å². The van der Waals surface area contributed by atoms with Gasteiger partial charge >= 0.3 is 12.9 Å². The first-order valence-electron chi connectivity index (χ1n) is 5.74. The van der Waals surface area contributed by atoms with Crippen molar-refractivity contribution in [3.8, 4) is 0 Å². The molecule has 0 unspecified atom stereocenters. The second-order valence-corrected chi connectivity index (χ2v) is 4.06. The van der Waals surface area contributed by atoms with Gasteiger partial charge in [-0.25, -0.2) is 4.68 Å². The van der Waals surface area contributed by atoms with Crippen molar-refractivity contribution in [2.24, 2.45) is 0 Å². The summed E-state index contributed by atoms with van der Waals surface area (Å²) in [4.78, 5) is 11.5. The summed E-state index contributed by atoms with van der Waals surface area (Å²) >= 11 is 0. The molecule has 0 N–H and O–H groups in total. The lowest BCUT2D eigenvalue weighted by Gasteiger charge is -2.08. The quantitative estimate of drug-likeness (QED) is 0.609. The molecule has 0 saturated heterocycles. The zero-order chi connectivity index (χ0) is 14.6. The monoisotopic (exact) mass is 284 g/mol. The van der Waals surface area contributed by atoms with Gasteiger partial charge in [-0.15, -0.1) is 0 Å². The van der Waals surface area contributed by atoms with Crippen LogP contribution in [0, 0.1) is 0 Å². The number of hydrogen-bond donors (Lipinski definition) is 0. The van der Waals surface area contributed by atoms with E-state index in [-0.39, 0.29) is 6.61 Å². The van der Waals surface area contributed by atoms with Crippen molar-refractivity contribution in [1.29, 1.82) is 0 Å². The maximum Gasteiger partial charge on any atom is 0.531 e. The number of benzene rings is 1. The molecule has 0 atom stereocenters. The zero-order valence-corrected chi connectivity index (χ0v) is 10.2. The molecule has 1 aromatic carbocycles. The van der Waals surface area contributed by atoms with Gasteiger partial charge in [0.25, 0.3) is 0 Å². The van der Waals surface area contributed by atoms with Gasteiger partial charge in [-0.2, -0.15) is 5.10 Å². The van der Waals surface area contributed by atoms with E-state index in [2.05, 4.69) is 10.3 Å². The summed E-state index contributed by atoms with van der Waals surface area (Å²) < 4.78 is 42.7. The van der Waals surface area contributed by atoms with Crippen molar-refractivity contribution in [2.75, 3.05) is 0 Å². The van der Waals surface area contributed by atoms with E-state index < -0.39 is 25.1 Å². The fraction of sp³-hybridized carbons (Fsp3) is 0.182. The summed E-state index contributed by atoms with van der Waals surface area (Å²) in [6.07, 6.45) is 0.684. The first kappa shape index (κ1) is 14.1. The lowest BCUT2D eigenvalue weighted by atomic mass is 9.87. The van der Waals surface area contributed by atoms with Gasteiger partial charge < -0.3 is 17.7 Å². The van der Waals surface area contributed by atoms with Crippen LogP contribution in [0.3, 0.4) is 0 Å². The third-order valence-corrected chi connectivity index (χ3v) is 2.43. The molecule has 5 nitrogen and oxygen atoms in total. The highest BCUT2D eigenvalue weighted by Crippen LogP contribution is 2.06. The van der Waals surface area contributed by atoms with Crippen LogP contribution in [0.15, 0.2) is 36.5 Å². The first-order valence-corrected chi connectivity index (χ1v) is 5.74. The second kappa shape index (κ2) is 5.76. The van der Waals surface area contributed by atoms with Crippen LogP contribution in [-0.4, -0.2) is 27.9 Å². The van der Waals surface area contributed by atoms with E-state index in [4.69, 9.17) is 4.74 Å². The minimum Gasteiger partial charge on any atom is -0.459 e. The molecule has 1 aromatic heterocycles. The number of rotatable bonds is 5. The van der Waals surface area contributed by atoms with Gasteiger partial charge in [0.05, 0.1) is 0 Å². The summed E-state index contributed by atoms with van der Waals surface area (Å²) in [5.41, 5.74) is -0.292. The lowest BCUT2D eigenvalue weighted by Crippen LogP contribution is -2.35. The van der Waals surface area contributed by atoms with Crippen LogP contribution < -0.4 is 5.59 Å². The van der Waals surface area contributed by atoms with Gasteiger partial charge in [-0.05, 0) is 5.56 Å². The second-order valence-electron chi connectivity index (χ2n) is 4.06. The number of ether oxygens (including phenoxy) is 1. The highest BCUT2D eigenvalue weighted by atomic mass is 19.4. The van der Waals surface area contributed by atoms with E-state index in [1.54, 1.807) is 24.3 Å². The molecule has 0 bridgehead atoms. The minimum atomic E-state index is -5.21. The normalized spacial score (nSPS) is 11.3. The first-order chi connectivity index (χ1) is 9.45. The molecule has 20 heavy (non-hydrogen) atoms. The summed E-state index contributed by atoms with van der Waals surface area (Å²) in [5, 5.41) is 6.21. The Hall–Kier alpha value is -2.32. The van der Waals surface area contributed by atoms with Crippen LogP contribution in [0.2, 0.25) is 0 Å². The molecule has 106 valence electrons. The molecule has 0 aliphatic rings. The molecule has 0 aliphatic carbocycles. The fourth-order valence-corrected chi connectivity index (χ4v) is 1.46. The number of hydrogen-bond acceptors (Lipinski definition) is 4. The van der Waals surface area contributed by atoms with Gasteiger partial charge in [0, 0.05) is 11.8 Å². The molecular weight excluding hydrogens is 274 g/mol. The van der Waals surface area contributed by atoms with Crippen LogP contribution in [0.4, 0.5) is 12.9 Å². The number of esters is 1. The van der Waals surface area contributed by atoms with Crippen LogP contribution in [0.25, 0.3) is 0 Å². The highest BCUT2D eigenvalue weighted by Gasteiger charge is 2.29. The van der Waals surface area contributed by atoms with E-state index in [1.807, 2.05) is 6.07 Å². The van der Waals surface area contributed by atoms with Crippen LogP contribution >= 0.6 is 0 Å². The number of nitrogens with zero attached hydrogens (tertiary/aromatic N) is 3. The van der Waals surface area contributed by atoms with Crippen molar-refractivity contribution in [2.45, 2.75) is 13.2 Å². The van der Waals surface area contributed by atoms with E-state index in [0.717, 1.165) is 10.2 Å². The largest absolute Gasteiger partial charge is 0.531 e. The van der Waals surface area contributed by atoms with Crippen LogP contribution in [-0.2, 0) is 22.7 Å². The molecule has 0 aliphatic heterocycles. The van der Waals surface area contributed by atoms with E-state index in [0.29, 0.717) is 6.20 Å². The summed E-state index contributed by atoms with van der Waals surface area (Å²) in [6, 6.07) is 8.94.